The van der Waals surface area contributed by atoms with Gasteiger partial charge in [0.15, 0.2) is 11.6 Å². The molecule has 10 heteroatoms. The number of hydrogen-bond acceptors (Lipinski definition) is 6. The molecular weight excluding hydrogens is 524 g/mol. The molecule has 2 aromatic rings. The number of ketones is 2. The SMILES string of the molecule is O=C1c2ccc(S(=O)(=O)NC3CCCCCC3)cc2C(=O)c2cc(S(=O)(=O)NC3CCCCCC3)ccc21. The van der Waals surface area contributed by atoms with Gasteiger partial charge in [0.05, 0.1) is 9.79 Å². The van der Waals surface area contributed by atoms with Crippen molar-refractivity contribution in [3.05, 3.63) is 58.7 Å². The Hall–Kier alpha value is -2.40. The maximum atomic E-state index is 13.5. The van der Waals surface area contributed by atoms with Crippen molar-refractivity contribution in [2.75, 3.05) is 0 Å². The molecule has 2 aromatic carbocycles. The van der Waals surface area contributed by atoms with Crippen LogP contribution >= 0.6 is 0 Å². The van der Waals surface area contributed by atoms with Crippen LogP contribution in [0, 0.1) is 0 Å². The molecule has 38 heavy (non-hydrogen) atoms. The van der Waals surface area contributed by atoms with E-state index in [4.69, 9.17) is 0 Å². The molecule has 2 fully saturated rings. The molecule has 0 aliphatic heterocycles. The van der Waals surface area contributed by atoms with Gasteiger partial charge in [-0.05, 0) is 62.1 Å². The maximum Gasteiger partial charge on any atom is 0.240 e. The lowest BCUT2D eigenvalue weighted by atomic mass is 9.84. The molecule has 0 unspecified atom stereocenters. The Bertz CT molecular complexity index is 1340. The van der Waals surface area contributed by atoms with Gasteiger partial charge in [-0.15, -0.1) is 0 Å². The average Bonchev–Trinajstić information content (AvgIpc) is 3.31. The van der Waals surface area contributed by atoms with Crippen molar-refractivity contribution in [1.29, 1.82) is 0 Å². The predicted molar refractivity (Wildman–Crippen MR) is 143 cm³/mol. The van der Waals surface area contributed by atoms with Crippen molar-refractivity contribution < 1.29 is 26.4 Å². The molecule has 0 atom stereocenters. The number of benzene rings is 2. The predicted octanol–water partition coefficient (Wildman–Crippen LogP) is 4.46. The van der Waals surface area contributed by atoms with Gasteiger partial charge < -0.3 is 0 Å². The van der Waals surface area contributed by atoms with Crippen molar-refractivity contribution in [2.45, 2.75) is 98.9 Å². The van der Waals surface area contributed by atoms with Crippen LogP contribution in [-0.2, 0) is 20.0 Å². The van der Waals surface area contributed by atoms with Crippen LogP contribution in [0.25, 0.3) is 0 Å². The Balaban J connectivity index is 1.43. The molecule has 0 bridgehead atoms. The van der Waals surface area contributed by atoms with Crippen LogP contribution in [0.5, 0.6) is 0 Å². The third kappa shape index (κ3) is 5.64. The molecule has 204 valence electrons. The summed E-state index contributed by atoms with van der Waals surface area (Å²) in [5, 5.41) is 0. The molecule has 3 aliphatic rings. The van der Waals surface area contributed by atoms with Crippen LogP contribution in [0.15, 0.2) is 46.2 Å². The largest absolute Gasteiger partial charge is 0.289 e. The van der Waals surface area contributed by atoms with E-state index >= 15 is 0 Å². The third-order valence-electron chi connectivity index (χ3n) is 7.94. The number of carbonyl (C=O) groups is 2. The van der Waals surface area contributed by atoms with Gasteiger partial charge in [0.2, 0.25) is 20.0 Å². The highest BCUT2D eigenvalue weighted by molar-refractivity contribution is 7.89. The lowest BCUT2D eigenvalue weighted by Crippen LogP contribution is -2.35. The number of nitrogens with one attached hydrogen (secondary N) is 2. The zero-order chi connectivity index (χ0) is 26.9. The van der Waals surface area contributed by atoms with Crippen molar-refractivity contribution in [2.24, 2.45) is 0 Å². The van der Waals surface area contributed by atoms with Gasteiger partial charge in [0, 0.05) is 34.3 Å². The van der Waals surface area contributed by atoms with Gasteiger partial charge in [-0.1, -0.05) is 51.4 Å². The zero-order valence-corrected chi connectivity index (χ0v) is 23.0. The van der Waals surface area contributed by atoms with Gasteiger partial charge in [-0.25, -0.2) is 26.3 Å². The minimum Gasteiger partial charge on any atom is -0.289 e. The lowest BCUT2D eigenvalue weighted by Gasteiger charge is -2.21. The summed E-state index contributed by atoms with van der Waals surface area (Å²) in [7, 11) is -7.80. The summed E-state index contributed by atoms with van der Waals surface area (Å²) in [6.45, 7) is 0. The van der Waals surface area contributed by atoms with Gasteiger partial charge >= 0.3 is 0 Å². The molecule has 0 saturated heterocycles. The van der Waals surface area contributed by atoms with Crippen LogP contribution < -0.4 is 9.44 Å². The van der Waals surface area contributed by atoms with E-state index in [0.29, 0.717) is 0 Å². The van der Waals surface area contributed by atoms with Crippen molar-refractivity contribution in [3.8, 4) is 0 Å². The van der Waals surface area contributed by atoms with Gasteiger partial charge in [0.25, 0.3) is 0 Å². The molecule has 3 aliphatic carbocycles. The highest BCUT2D eigenvalue weighted by atomic mass is 32.2. The van der Waals surface area contributed by atoms with Crippen LogP contribution in [0.2, 0.25) is 0 Å². The van der Waals surface area contributed by atoms with E-state index in [1.54, 1.807) is 0 Å². The van der Waals surface area contributed by atoms with Crippen molar-refractivity contribution in [3.63, 3.8) is 0 Å². The minimum absolute atomic E-state index is 0.0301. The number of fused-ring (bicyclic) bond motifs is 2. The van der Waals surface area contributed by atoms with Gasteiger partial charge in [0.1, 0.15) is 0 Å². The summed E-state index contributed by atoms with van der Waals surface area (Å²) in [6, 6.07) is 7.60. The van der Waals surface area contributed by atoms with E-state index in [0.717, 1.165) is 77.0 Å². The second-order valence-corrected chi connectivity index (χ2v) is 14.1. The summed E-state index contributed by atoms with van der Waals surface area (Å²) in [6.07, 6.45) is 11.2. The summed E-state index contributed by atoms with van der Waals surface area (Å²) < 4.78 is 58.1. The number of sulfonamides is 2. The quantitative estimate of drug-likeness (QED) is 0.430. The van der Waals surface area contributed by atoms with Gasteiger partial charge in [-0.3, -0.25) is 9.59 Å². The van der Waals surface area contributed by atoms with Crippen molar-refractivity contribution >= 4 is 31.6 Å². The minimum atomic E-state index is -3.90. The topological polar surface area (TPSA) is 126 Å². The van der Waals surface area contributed by atoms with Crippen LogP contribution in [0.1, 0.15) is 109 Å². The monoisotopic (exact) mass is 558 g/mol. The first-order valence-corrected chi connectivity index (χ1v) is 16.5. The van der Waals surface area contributed by atoms with E-state index < -0.39 is 31.6 Å². The summed E-state index contributed by atoms with van der Waals surface area (Å²) >= 11 is 0. The van der Waals surface area contributed by atoms with E-state index in [-0.39, 0.29) is 44.1 Å². The van der Waals surface area contributed by atoms with E-state index in [2.05, 4.69) is 9.44 Å². The lowest BCUT2D eigenvalue weighted by molar-refractivity contribution is 0.0978. The first-order chi connectivity index (χ1) is 18.2. The molecule has 0 spiro atoms. The third-order valence-corrected chi connectivity index (χ3v) is 11.0. The fraction of sp³-hybridized carbons (Fsp3) is 0.500. The molecule has 2 saturated carbocycles. The van der Waals surface area contributed by atoms with E-state index in [1.165, 1.54) is 36.4 Å². The normalized spacial score (nSPS) is 19.9. The summed E-state index contributed by atoms with van der Waals surface area (Å²) in [4.78, 5) is 26.5. The second-order valence-electron chi connectivity index (χ2n) is 10.7. The standard InChI is InChI=1S/C28H34N2O6S2/c31-27-23-15-13-21(37(33,34)29-19-9-5-1-2-6-10-19)17-25(23)28(32)26-18-22(14-16-24(26)27)38(35,36)30-20-11-7-3-4-8-12-20/h13-20,29-30H,1-12H2. The van der Waals surface area contributed by atoms with Crippen molar-refractivity contribution in [1.82, 2.24) is 9.44 Å². The Morgan fingerprint density at radius 2 is 0.842 bits per heavy atom. The summed E-state index contributed by atoms with van der Waals surface area (Å²) in [5.74, 6) is -0.997. The van der Waals surface area contributed by atoms with E-state index in [1.807, 2.05) is 0 Å². The first kappa shape index (κ1) is 27.2. The Morgan fingerprint density at radius 3 is 1.21 bits per heavy atom. The second kappa shape index (κ2) is 11.0. The van der Waals surface area contributed by atoms with Crippen LogP contribution in [-0.4, -0.2) is 40.5 Å². The highest BCUT2D eigenvalue weighted by Crippen LogP contribution is 2.31. The smallest absolute Gasteiger partial charge is 0.240 e. The molecule has 0 aromatic heterocycles. The number of carbonyl (C=O) groups excluding carboxylic acids is 2. The molecule has 0 heterocycles. The first-order valence-electron chi connectivity index (χ1n) is 13.6. The van der Waals surface area contributed by atoms with Crippen LogP contribution in [0.4, 0.5) is 0 Å². The molecule has 2 N–H and O–H groups in total. The Labute approximate surface area is 224 Å². The summed E-state index contributed by atoms with van der Waals surface area (Å²) in [5.41, 5.74) is 0.168. The van der Waals surface area contributed by atoms with E-state index in [9.17, 15) is 26.4 Å². The highest BCUT2D eigenvalue weighted by Gasteiger charge is 2.33. The Morgan fingerprint density at radius 1 is 0.500 bits per heavy atom. The molecule has 5 rings (SSSR count). The Kier molecular flexibility index (Phi) is 7.86. The molecule has 0 amide bonds. The molecular formula is C28H34N2O6S2. The fourth-order valence-electron chi connectivity index (χ4n) is 5.81. The maximum absolute atomic E-state index is 13.5. The molecule has 0 radical (unpaired) electrons. The zero-order valence-electron chi connectivity index (χ0n) is 21.4. The van der Waals surface area contributed by atoms with Gasteiger partial charge in [-0.2, -0.15) is 0 Å². The fourth-order valence-corrected chi connectivity index (χ4v) is 8.47. The average molecular weight is 559 g/mol. The number of hydrogen-bond donors (Lipinski definition) is 2. The number of rotatable bonds is 6. The molecule has 8 nitrogen and oxygen atoms in total. The van der Waals surface area contributed by atoms with Crippen LogP contribution in [0.3, 0.4) is 0 Å².